The van der Waals surface area contributed by atoms with E-state index in [-0.39, 0.29) is 0 Å². The molecule has 0 aliphatic carbocycles. The molecule has 0 spiro atoms. The summed E-state index contributed by atoms with van der Waals surface area (Å²) in [5, 5.41) is 3.22. The normalized spacial score (nSPS) is 22.1. The number of aromatic nitrogens is 2. The van der Waals surface area contributed by atoms with Crippen molar-refractivity contribution in [3.8, 4) is 11.1 Å². The van der Waals surface area contributed by atoms with Gasteiger partial charge in [-0.1, -0.05) is 17.4 Å². The lowest BCUT2D eigenvalue weighted by molar-refractivity contribution is 0.443. The summed E-state index contributed by atoms with van der Waals surface area (Å²) in [6.07, 6.45) is 4.91. The molecular formula is C19H17N3O2S. The smallest absolute Gasteiger partial charge is 0.307 e. The molecule has 1 saturated heterocycles. The first kappa shape index (κ1) is 12.6. The molecule has 1 N–H and O–H groups in total. The Morgan fingerprint density at radius 1 is 1.36 bits per heavy atom. The number of nitrogens with one attached hydrogen (secondary N) is 1. The quantitative estimate of drug-likeness (QED) is 0.719. The van der Waals surface area contributed by atoms with E-state index in [1.165, 1.54) is 0 Å². The number of aryl methyl sites for hydroxylation is 1. The third-order valence-corrected chi connectivity index (χ3v) is 5.62. The predicted molar refractivity (Wildman–Crippen MR) is 99.2 cm³/mol. The van der Waals surface area contributed by atoms with Crippen LogP contribution in [0.15, 0.2) is 47.2 Å². The Morgan fingerprint density at radius 2 is 2.24 bits per heavy atom. The highest BCUT2D eigenvalue weighted by Gasteiger charge is 2.33. The zero-order chi connectivity index (χ0) is 20.1. The molecule has 1 aliphatic rings. The third kappa shape index (κ3) is 2.60. The molecule has 0 radical (unpaired) electrons. The maximum absolute atomic E-state index is 12.1. The lowest BCUT2D eigenvalue weighted by Gasteiger charge is -2.25. The van der Waals surface area contributed by atoms with Gasteiger partial charge in [-0.2, -0.15) is 0 Å². The molecule has 126 valence electrons. The summed E-state index contributed by atoms with van der Waals surface area (Å²) in [5.74, 6) is 1.93. The van der Waals surface area contributed by atoms with Crippen molar-refractivity contribution in [3.63, 3.8) is 0 Å². The number of allylic oxidation sites excluding steroid dienone is 1. The molecule has 0 saturated carbocycles. The van der Waals surface area contributed by atoms with Crippen molar-refractivity contribution in [3.05, 3.63) is 57.6 Å². The van der Waals surface area contributed by atoms with Gasteiger partial charge in [0.1, 0.15) is 5.94 Å². The van der Waals surface area contributed by atoms with Crippen molar-refractivity contribution in [1.82, 2.24) is 14.9 Å². The van der Waals surface area contributed by atoms with Gasteiger partial charge in [0.15, 0.2) is 0 Å². The van der Waals surface area contributed by atoms with Gasteiger partial charge in [0.2, 0.25) is 0 Å². The number of pyridine rings is 1. The fourth-order valence-electron chi connectivity index (χ4n) is 3.22. The number of hydrogen-bond donors (Lipinski definition) is 1. The average Bonchev–Trinajstić information content (AvgIpc) is 3.20. The van der Waals surface area contributed by atoms with Crippen molar-refractivity contribution < 1.29 is 8.91 Å². The fourth-order valence-corrected chi connectivity index (χ4v) is 4.05. The molecule has 3 heterocycles. The zero-order valence-corrected chi connectivity index (χ0v) is 14.3. The van der Waals surface area contributed by atoms with Crippen LogP contribution in [0.4, 0.5) is 0 Å². The standard InChI is InChI=1S/C19H17N3O2S/c1-19(6-5-15(11-23)21-19)14-7-13(9-20-10-14)12-3-4-16-17(8-12)25-18(24)22(16)2/h3-4,7-10,21H,5-6H2,1-2H3/t19-/m0/s1/i2D3. The molecule has 25 heavy (non-hydrogen) atoms. The molecule has 1 aliphatic heterocycles. The van der Waals surface area contributed by atoms with Crippen LogP contribution in [0.3, 0.4) is 0 Å². The highest BCUT2D eigenvalue weighted by Crippen LogP contribution is 2.35. The first-order valence-electron chi connectivity index (χ1n) is 9.35. The van der Waals surface area contributed by atoms with Gasteiger partial charge in [0, 0.05) is 35.5 Å². The molecule has 0 amide bonds. The van der Waals surface area contributed by atoms with Crippen LogP contribution in [0.1, 0.15) is 29.4 Å². The monoisotopic (exact) mass is 354 g/mol. The second-order valence-corrected chi connectivity index (χ2v) is 7.38. The summed E-state index contributed by atoms with van der Waals surface area (Å²) in [5.41, 5.74) is 3.21. The van der Waals surface area contributed by atoms with Gasteiger partial charge in [0.25, 0.3) is 0 Å². The van der Waals surface area contributed by atoms with E-state index in [0.717, 1.165) is 39.0 Å². The Morgan fingerprint density at radius 3 is 3.00 bits per heavy atom. The van der Waals surface area contributed by atoms with Crippen LogP contribution < -0.4 is 10.2 Å². The molecule has 6 heteroatoms. The summed E-state index contributed by atoms with van der Waals surface area (Å²) < 4.78 is 24.2. The van der Waals surface area contributed by atoms with Gasteiger partial charge in [-0.15, -0.1) is 0 Å². The predicted octanol–water partition coefficient (Wildman–Crippen LogP) is 2.98. The van der Waals surface area contributed by atoms with Gasteiger partial charge >= 0.3 is 4.87 Å². The summed E-state index contributed by atoms with van der Waals surface area (Å²) in [6, 6.07) is 7.26. The van der Waals surface area contributed by atoms with Crippen molar-refractivity contribution in [2.24, 2.45) is 6.98 Å². The van der Waals surface area contributed by atoms with Crippen LogP contribution in [0.2, 0.25) is 0 Å². The number of benzene rings is 1. The number of thiazole rings is 1. The largest absolute Gasteiger partial charge is 0.370 e. The lowest BCUT2D eigenvalue weighted by atomic mass is 9.90. The van der Waals surface area contributed by atoms with E-state index in [1.54, 1.807) is 24.5 Å². The minimum absolute atomic E-state index is 0.394. The van der Waals surface area contributed by atoms with Crippen LogP contribution in [0, 0.1) is 0 Å². The highest BCUT2D eigenvalue weighted by atomic mass is 32.1. The molecule has 2 aromatic heterocycles. The van der Waals surface area contributed by atoms with E-state index in [4.69, 9.17) is 4.11 Å². The van der Waals surface area contributed by atoms with E-state index in [9.17, 15) is 9.59 Å². The second-order valence-electron chi connectivity index (χ2n) is 6.39. The van der Waals surface area contributed by atoms with E-state index in [1.807, 2.05) is 25.0 Å². The highest BCUT2D eigenvalue weighted by molar-refractivity contribution is 7.16. The topological polar surface area (TPSA) is 64.0 Å². The van der Waals surface area contributed by atoms with Gasteiger partial charge in [-0.25, -0.2) is 4.79 Å². The van der Waals surface area contributed by atoms with Crippen LogP contribution in [-0.4, -0.2) is 15.5 Å². The van der Waals surface area contributed by atoms with E-state index in [0.29, 0.717) is 22.3 Å². The summed E-state index contributed by atoms with van der Waals surface area (Å²) in [6.45, 7) is -0.492. The van der Waals surface area contributed by atoms with E-state index in [2.05, 4.69) is 10.3 Å². The summed E-state index contributed by atoms with van der Waals surface area (Å²) >= 11 is 0.915. The lowest BCUT2D eigenvalue weighted by Crippen LogP contribution is -2.32. The van der Waals surface area contributed by atoms with E-state index < -0.39 is 17.4 Å². The third-order valence-electron chi connectivity index (χ3n) is 4.71. The average molecular weight is 354 g/mol. The van der Waals surface area contributed by atoms with Gasteiger partial charge < -0.3 is 9.88 Å². The molecule has 1 fully saturated rings. The molecule has 1 atom stereocenters. The zero-order valence-electron chi connectivity index (χ0n) is 16.5. The Hall–Kier alpha value is -2.69. The van der Waals surface area contributed by atoms with Gasteiger partial charge in [0.05, 0.1) is 21.5 Å². The minimum Gasteiger partial charge on any atom is -0.370 e. The molecule has 5 nitrogen and oxygen atoms in total. The van der Waals surface area contributed by atoms with Crippen molar-refractivity contribution in [2.75, 3.05) is 0 Å². The molecule has 0 unspecified atom stereocenters. The maximum Gasteiger partial charge on any atom is 0.307 e. The van der Waals surface area contributed by atoms with Gasteiger partial charge in [-0.05, 0) is 42.7 Å². The number of hydrogen-bond acceptors (Lipinski definition) is 5. The summed E-state index contributed by atoms with van der Waals surface area (Å²) in [7, 11) is 0. The van der Waals surface area contributed by atoms with Crippen LogP contribution in [0.5, 0.6) is 0 Å². The second kappa shape index (κ2) is 5.69. The molecular weight excluding hydrogens is 334 g/mol. The SMILES string of the molecule is [2H]C([2H])([2H])n1c(=O)sc2cc(-c3cncc([C@]4(C)CCC(=C=O)N4)c3)ccc21. The number of fused-ring (bicyclic) bond motifs is 1. The molecule has 4 rings (SSSR count). The molecule has 3 aromatic rings. The summed E-state index contributed by atoms with van der Waals surface area (Å²) in [4.78, 5) is 26.9. The van der Waals surface area contributed by atoms with Gasteiger partial charge in [-0.3, -0.25) is 9.78 Å². The van der Waals surface area contributed by atoms with Crippen molar-refractivity contribution >= 4 is 27.5 Å². The van der Waals surface area contributed by atoms with Crippen LogP contribution >= 0.6 is 11.3 Å². The number of rotatable bonds is 2. The molecule has 0 bridgehead atoms. The van der Waals surface area contributed by atoms with Crippen molar-refractivity contribution in [1.29, 1.82) is 0 Å². The maximum atomic E-state index is 12.1. The minimum atomic E-state index is -2.51. The Labute approximate surface area is 152 Å². The number of nitrogens with zero attached hydrogens (tertiary/aromatic N) is 2. The van der Waals surface area contributed by atoms with Crippen LogP contribution in [0.25, 0.3) is 21.3 Å². The fraction of sp³-hybridized carbons (Fsp3) is 0.263. The Balaban J connectivity index is 1.77. The van der Waals surface area contributed by atoms with Crippen LogP contribution in [-0.2, 0) is 17.3 Å². The van der Waals surface area contributed by atoms with E-state index >= 15 is 0 Å². The molecule has 1 aromatic carbocycles. The Bertz CT molecular complexity index is 1190. The first-order valence-corrected chi connectivity index (χ1v) is 8.67. The van der Waals surface area contributed by atoms with Crippen molar-refractivity contribution in [2.45, 2.75) is 25.3 Å². The number of carbonyl (C=O) groups excluding carboxylic acids is 1. The first-order chi connectivity index (χ1) is 13.2. The Kier molecular flexibility index (Phi) is 2.88.